The number of epoxide rings is 2. The summed E-state index contributed by atoms with van der Waals surface area (Å²) in [6.07, 6.45) is -0.936. The number of ether oxygens (including phenoxy) is 4. The van der Waals surface area contributed by atoms with Gasteiger partial charge in [0.05, 0.1) is 24.3 Å². The minimum absolute atomic E-state index is 0.0234. The Labute approximate surface area is 164 Å². The predicted molar refractivity (Wildman–Crippen MR) is 101 cm³/mol. The minimum atomic E-state index is -0.655. The maximum atomic E-state index is 12.1. The Morgan fingerprint density at radius 2 is 1.32 bits per heavy atom. The first-order valence-electron chi connectivity index (χ1n) is 9.40. The van der Waals surface area contributed by atoms with Crippen molar-refractivity contribution < 1.29 is 28.5 Å². The van der Waals surface area contributed by atoms with Gasteiger partial charge in [-0.05, 0) is 38.8 Å². The summed E-state index contributed by atoms with van der Waals surface area (Å²) in [5.74, 6) is 0. The van der Waals surface area contributed by atoms with Crippen molar-refractivity contribution in [3.05, 3.63) is 35.4 Å². The van der Waals surface area contributed by atoms with Gasteiger partial charge >= 0.3 is 12.2 Å². The first kappa shape index (κ1) is 20.4. The number of hydrogen-bond donors (Lipinski definition) is 2. The van der Waals surface area contributed by atoms with Crippen molar-refractivity contribution in [2.45, 2.75) is 51.0 Å². The fraction of sp³-hybridized carbons (Fsp3) is 0.600. The van der Waals surface area contributed by atoms with Crippen LogP contribution < -0.4 is 10.6 Å². The summed E-state index contributed by atoms with van der Waals surface area (Å²) < 4.78 is 20.4. The van der Waals surface area contributed by atoms with E-state index in [-0.39, 0.29) is 25.4 Å². The number of benzene rings is 1. The van der Waals surface area contributed by atoms with Crippen LogP contribution in [0.2, 0.25) is 0 Å². The van der Waals surface area contributed by atoms with E-state index in [9.17, 15) is 9.59 Å². The summed E-state index contributed by atoms with van der Waals surface area (Å²) in [6.45, 7) is 9.36. The number of carbonyl (C=O) groups is 2. The molecule has 2 atom stereocenters. The Morgan fingerprint density at radius 1 is 0.929 bits per heavy atom. The molecule has 1 unspecified atom stereocenters. The number of amides is 2. The molecule has 0 spiro atoms. The van der Waals surface area contributed by atoms with Crippen molar-refractivity contribution in [2.75, 3.05) is 26.4 Å². The standard InChI is InChI=1S/C20H28N2O6/c1-19(2,21-17(23)27-11-15-9-25-15)13-6-5-7-14(8-13)20(3,4)22-18(24)28-12-16-10-26-16/h5-8,15-16H,9-12H2,1-4H3,(H,21,23)(H,22,24)/t15-,16?/m1/s1. The zero-order chi connectivity index (χ0) is 20.4. The van der Waals surface area contributed by atoms with Gasteiger partial charge in [-0.1, -0.05) is 24.3 Å². The van der Waals surface area contributed by atoms with Crippen molar-refractivity contribution in [3.63, 3.8) is 0 Å². The van der Waals surface area contributed by atoms with E-state index in [1.807, 2.05) is 52.0 Å². The molecule has 0 aromatic heterocycles. The second kappa shape index (κ2) is 7.97. The Bertz CT molecular complexity index is 668. The lowest BCUT2D eigenvalue weighted by molar-refractivity contribution is 0.126. The Morgan fingerprint density at radius 3 is 1.68 bits per heavy atom. The van der Waals surface area contributed by atoms with Crippen LogP contribution in [-0.4, -0.2) is 50.8 Å². The van der Waals surface area contributed by atoms with Gasteiger partial charge in [-0.2, -0.15) is 0 Å². The molecule has 8 heteroatoms. The number of alkyl carbamates (subject to hydrolysis) is 2. The molecule has 1 aromatic carbocycles. The molecule has 0 bridgehead atoms. The lowest BCUT2D eigenvalue weighted by atomic mass is 9.87. The third kappa shape index (κ3) is 5.84. The van der Waals surface area contributed by atoms with Gasteiger partial charge in [0, 0.05) is 0 Å². The average Bonchev–Trinajstić information content (AvgIpc) is 3.53. The summed E-state index contributed by atoms with van der Waals surface area (Å²) in [5.41, 5.74) is 0.466. The molecule has 0 radical (unpaired) electrons. The maximum absolute atomic E-state index is 12.1. The van der Waals surface area contributed by atoms with E-state index in [1.54, 1.807) is 0 Å². The van der Waals surface area contributed by atoms with Crippen LogP contribution in [-0.2, 0) is 30.0 Å². The van der Waals surface area contributed by atoms with E-state index in [0.717, 1.165) is 11.1 Å². The van der Waals surface area contributed by atoms with Gasteiger partial charge in [0.1, 0.15) is 25.4 Å². The van der Waals surface area contributed by atoms with Crippen molar-refractivity contribution in [1.29, 1.82) is 0 Å². The van der Waals surface area contributed by atoms with Crippen LogP contribution in [0.25, 0.3) is 0 Å². The number of rotatable bonds is 8. The molecule has 1 aromatic rings. The van der Waals surface area contributed by atoms with Crippen LogP contribution in [0.3, 0.4) is 0 Å². The quantitative estimate of drug-likeness (QED) is 0.659. The third-order valence-corrected chi connectivity index (χ3v) is 4.74. The van der Waals surface area contributed by atoms with Gasteiger partial charge < -0.3 is 29.6 Å². The number of nitrogens with one attached hydrogen (secondary N) is 2. The smallest absolute Gasteiger partial charge is 0.407 e. The molecule has 28 heavy (non-hydrogen) atoms. The molecule has 2 fully saturated rings. The summed E-state index contributed by atoms with van der Waals surface area (Å²) >= 11 is 0. The summed E-state index contributed by atoms with van der Waals surface area (Å²) in [5, 5.41) is 5.74. The van der Waals surface area contributed by atoms with Crippen LogP contribution >= 0.6 is 0 Å². The normalized spacial score (nSPS) is 20.9. The van der Waals surface area contributed by atoms with Crippen molar-refractivity contribution in [2.24, 2.45) is 0 Å². The van der Waals surface area contributed by atoms with Crippen LogP contribution in [0.5, 0.6) is 0 Å². The Hall–Kier alpha value is -2.32. The predicted octanol–water partition coefficient (Wildman–Crippen LogP) is 2.41. The zero-order valence-electron chi connectivity index (χ0n) is 16.7. The van der Waals surface area contributed by atoms with Gasteiger partial charge in [-0.25, -0.2) is 9.59 Å². The van der Waals surface area contributed by atoms with Gasteiger partial charge in [-0.3, -0.25) is 0 Å². The van der Waals surface area contributed by atoms with E-state index < -0.39 is 23.3 Å². The molecule has 8 nitrogen and oxygen atoms in total. The largest absolute Gasteiger partial charge is 0.447 e. The second-order valence-corrected chi connectivity index (χ2v) is 8.19. The molecule has 2 heterocycles. The Balaban J connectivity index is 1.61. The highest BCUT2D eigenvalue weighted by atomic mass is 16.6. The van der Waals surface area contributed by atoms with Crippen molar-refractivity contribution in [1.82, 2.24) is 10.6 Å². The van der Waals surface area contributed by atoms with Crippen LogP contribution in [0.1, 0.15) is 38.8 Å². The van der Waals surface area contributed by atoms with Gasteiger partial charge in [0.2, 0.25) is 0 Å². The van der Waals surface area contributed by atoms with Crippen LogP contribution in [0, 0.1) is 0 Å². The topological polar surface area (TPSA) is 102 Å². The SMILES string of the molecule is CC(C)(NC(=O)OCC1CO1)c1cccc(C(C)(C)NC(=O)OC[C@H]2CO2)c1. The maximum Gasteiger partial charge on any atom is 0.407 e. The van der Waals surface area contributed by atoms with Gasteiger partial charge in [-0.15, -0.1) is 0 Å². The van der Waals surface area contributed by atoms with Crippen molar-refractivity contribution in [3.8, 4) is 0 Å². The van der Waals surface area contributed by atoms with E-state index in [1.165, 1.54) is 0 Å². The highest BCUT2D eigenvalue weighted by Gasteiger charge is 2.30. The van der Waals surface area contributed by atoms with Crippen molar-refractivity contribution >= 4 is 12.2 Å². The van der Waals surface area contributed by atoms with Gasteiger partial charge in [0.15, 0.2) is 0 Å². The van der Waals surface area contributed by atoms with Crippen LogP contribution in [0.15, 0.2) is 24.3 Å². The zero-order valence-corrected chi connectivity index (χ0v) is 16.7. The van der Waals surface area contributed by atoms with E-state index >= 15 is 0 Å². The van der Waals surface area contributed by atoms with Crippen LogP contribution in [0.4, 0.5) is 9.59 Å². The minimum Gasteiger partial charge on any atom is -0.447 e. The fourth-order valence-corrected chi connectivity index (χ4v) is 2.69. The first-order chi connectivity index (χ1) is 13.2. The molecular formula is C20H28N2O6. The average molecular weight is 392 g/mol. The Kier molecular flexibility index (Phi) is 5.81. The molecule has 154 valence electrons. The molecular weight excluding hydrogens is 364 g/mol. The third-order valence-electron chi connectivity index (χ3n) is 4.74. The molecule has 2 aliphatic heterocycles. The monoisotopic (exact) mass is 392 g/mol. The molecule has 2 amide bonds. The van der Waals surface area contributed by atoms with E-state index in [4.69, 9.17) is 18.9 Å². The first-order valence-corrected chi connectivity index (χ1v) is 9.40. The highest BCUT2D eigenvalue weighted by Crippen LogP contribution is 2.27. The summed E-state index contributed by atoms with van der Waals surface area (Å²) in [7, 11) is 0. The van der Waals surface area contributed by atoms with E-state index in [0.29, 0.717) is 13.2 Å². The summed E-state index contributed by atoms with van der Waals surface area (Å²) in [4.78, 5) is 24.1. The number of carbonyl (C=O) groups excluding carboxylic acids is 2. The molecule has 2 N–H and O–H groups in total. The molecule has 0 aliphatic carbocycles. The summed E-state index contributed by atoms with van der Waals surface area (Å²) in [6, 6.07) is 7.69. The second-order valence-electron chi connectivity index (χ2n) is 8.19. The lowest BCUT2D eigenvalue weighted by Crippen LogP contribution is -2.43. The number of hydrogen-bond acceptors (Lipinski definition) is 6. The molecule has 2 aliphatic rings. The highest BCUT2D eigenvalue weighted by molar-refractivity contribution is 5.69. The van der Waals surface area contributed by atoms with Gasteiger partial charge in [0.25, 0.3) is 0 Å². The molecule has 3 rings (SSSR count). The van der Waals surface area contributed by atoms with E-state index in [2.05, 4.69) is 10.6 Å². The fourth-order valence-electron chi connectivity index (χ4n) is 2.69. The molecule has 0 saturated carbocycles. The lowest BCUT2D eigenvalue weighted by Gasteiger charge is -2.30. The molecule has 2 saturated heterocycles.